The lowest BCUT2D eigenvalue weighted by atomic mass is 10.1. The lowest BCUT2D eigenvalue weighted by molar-refractivity contribution is -0.00859. The lowest BCUT2D eigenvalue weighted by Gasteiger charge is -2.24. The van der Waals surface area contributed by atoms with Gasteiger partial charge in [-0.2, -0.15) is 0 Å². The lowest BCUT2D eigenvalue weighted by Crippen LogP contribution is -2.38. The van der Waals surface area contributed by atoms with Crippen LogP contribution in [0.1, 0.15) is 27.2 Å². The summed E-state index contributed by atoms with van der Waals surface area (Å²) in [6, 6.07) is 0. The molecule has 1 N–H and O–H groups in total. The van der Waals surface area contributed by atoms with E-state index in [-0.39, 0.29) is 11.4 Å². The molecule has 0 amide bonds. The van der Waals surface area contributed by atoms with Gasteiger partial charge >= 0.3 is 0 Å². The molecule has 0 heterocycles. The van der Waals surface area contributed by atoms with Crippen LogP contribution < -0.4 is 5.32 Å². The van der Waals surface area contributed by atoms with Gasteiger partial charge in [0.05, 0.1) is 11.4 Å². The highest BCUT2D eigenvalue weighted by Crippen LogP contribution is 2.06. The van der Waals surface area contributed by atoms with Gasteiger partial charge in [-0.3, -0.25) is 0 Å². The van der Waals surface area contributed by atoms with E-state index in [9.17, 15) is 8.42 Å². The second-order valence-electron chi connectivity index (χ2n) is 4.35. The molecule has 0 rings (SSSR count). The summed E-state index contributed by atoms with van der Waals surface area (Å²) in [4.78, 5) is 0. The zero-order valence-electron chi connectivity index (χ0n) is 10.2. The van der Waals surface area contributed by atoms with Crippen molar-refractivity contribution in [2.45, 2.75) is 32.8 Å². The summed E-state index contributed by atoms with van der Waals surface area (Å²) in [5, 5.41) is 3.19. The van der Waals surface area contributed by atoms with E-state index in [1.165, 1.54) is 6.26 Å². The Morgan fingerprint density at radius 1 is 1.33 bits per heavy atom. The molecule has 0 aromatic rings. The molecular weight excluding hydrogens is 214 g/mol. The van der Waals surface area contributed by atoms with Crippen LogP contribution in [0.5, 0.6) is 0 Å². The molecule has 0 aliphatic carbocycles. The normalized spacial score (nSPS) is 13.1. The average molecular weight is 237 g/mol. The molecule has 0 spiro atoms. The van der Waals surface area contributed by atoms with E-state index in [4.69, 9.17) is 4.74 Å². The Hall–Kier alpha value is -0.130. The van der Waals surface area contributed by atoms with Crippen LogP contribution in [0.25, 0.3) is 0 Å². The number of sulfone groups is 1. The molecule has 92 valence electrons. The fraction of sp³-hybridized carbons (Fsp3) is 1.00. The van der Waals surface area contributed by atoms with Gasteiger partial charge < -0.3 is 10.1 Å². The van der Waals surface area contributed by atoms with Gasteiger partial charge in [-0.25, -0.2) is 8.42 Å². The van der Waals surface area contributed by atoms with Crippen molar-refractivity contribution in [2.75, 3.05) is 31.7 Å². The van der Waals surface area contributed by atoms with Crippen molar-refractivity contribution in [3.8, 4) is 0 Å². The number of ether oxygens (including phenoxy) is 1. The Bertz CT molecular complexity index is 260. The zero-order valence-corrected chi connectivity index (χ0v) is 11.0. The second-order valence-corrected chi connectivity index (χ2v) is 6.61. The Kier molecular flexibility index (Phi) is 6.40. The molecule has 0 fully saturated rings. The second kappa shape index (κ2) is 6.45. The van der Waals surface area contributed by atoms with Crippen LogP contribution in [0.4, 0.5) is 0 Å². The molecule has 0 saturated carbocycles. The molecule has 0 aromatic carbocycles. The third-order valence-electron chi connectivity index (χ3n) is 1.95. The maximum Gasteiger partial charge on any atom is 0.147 e. The van der Waals surface area contributed by atoms with Crippen molar-refractivity contribution in [3.63, 3.8) is 0 Å². The predicted molar refractivity (Wildman–Crippen MR) is 62.9 cm³/mol. The van der Waals surface area contributed by atoms with Crippen LogP contribution in [-0.4, -0.2) is 45.7 Å². The Morgan fingerprint density at radius 2 is 1.93 bits per heavy atom. The first-order valence-corrected chi connectivity index (χ1v) is 7.35. The van der Waals surface area contributed by atoms with Gasteiger partial charge in [0.15, 0.2) is 0 Å². The van der Waals surface area contributed by atoms with Crippen LogP contribution in [0.3, 0.4) is 0 Å². The van der Waals surface area contributed by atoms with Crippen molar-refractivity contribution in [2.24, 2.45) is 0 Å². The highest BCUT2D eigenvalue weighted by Gasteiger charge is 2.16. The first-order valence-electron chi connectivity index (χ1n) is 5.29. The third-order valence-corrected chi connectivity index (χ3v) is 2.98. The van der Waals surface area contributed by atoms with Crippen LogP contribution >= 0.6 is 0 Å². The molecule has 4 nitrogen and oxygen atoms in total. The number of rotatable bonds is 8. The molecule has 0 bridgehead atoms. The van der Waals surface area contributed by atoms with E-state index < -0.39 is 9.84 Å². The largest absolute Gasteiger partial charge is 0.375 e. The van der Waals surface area contributed by atoms with Crippen LogP contribution in [-0.2, 0) is 14.6 Å². The molecule has 0 radical (unpaired) electrons. The summed E-state index contributed by atoms with van der Waals surface area (Å²) in [6.07, 6.45) is 1.91. The van der Waals surface area contributed by atoms with Crippen LogP contribution in [0, 0.1) is 0 Å². The summed E-state index contributed by atoms with van der Waals surface area (Å²) in [5.74, 6) is 0.245. The van der Waals surface area contributed by atoms with Crippen molar-refractivity contribution in [3.05, 3.63) is 0 Å². The molecule has 0 aliphatic heterocycles. The highest BCUT2D eigenvalue weighted by molar-refractivity contribution is 7.90. The monoisotopic (exact) mass is 237 g/mol. The van der Waals surface area contributed by atoms with Gasteiger partial charge in [0.25, 0.3) is 0 Å². The Labute approximate surface area is 93.3 Å². The molecule has 5 heteroatoms. The van der Waals surface area contributed by atoms with Gasteiger partial charge in [-0.15, -0.1) is 0 Å². The summed E-state index contributed by atoms with van der Waals surface area (Å²) in [6.45, 7) is 8.14. The fourth-order valence-electron chi connectivity index (χ4n) is 1.29. The maximum absolute atomic E-state index is 10.8. The third kappa shape index (κ3) is 10.2. The molecular formula is C10H23NO3S. The maximum atomic E-state index is 10.8. The minimum atomic E-state index is -2.82. The van der Waals surface area contributed by atoms with E-state index >= 15 is 0 Å². The summed E-state index contributed by atoms with van der Waals surface area (Å²) < 4.78 is 27.2. The van der Waals surface area contributed by atoms with Gasteiger partial charge in [0.1, 0.15) is 9.84 Å². The quantitative estimate of drug-likeness (QED) is 0.635. The molecule has 0 aliphatic rings. The van der Waals surface area contributed by atoms with Crippen LogP contribution in [0.2, 0.25) is 0 Å². The molecule has 0 aromatic heterocycles. The number of nitrogens with one attached hydrogen (secondary N) is 1. The summed E-state index contributed by atoms with van der Waals surface area (Å²) in [5.41, 5.74) is -0.181. The first-order chi connectivity index (χ1) is 6.77. The van der Waals surface area contributed by atoms with Crippen molar-refractivity contribution in [1.29, 1.82) is 0 Å². The number of hydrogen-bond donors (Lipinski definition) is 1. The SMILES string of the molecule is CCOC(C)(C)CNCCCS(C)(=O)=O. The van der Waals surface area contributed by atoms with Crippen molar-refractivity contribution in [1.82, 2.24) is 5.32 Å². The minimum Gasteiger partial charge on any atom is -0.375 e. The Balaban J connectivity index is 3.54. The van der Waals surface area contributed by atoms with Crippen LogP contribution in [0.15, 0.2) is 0 Å². The summed E-state index contributed by atoms with van der Waals surface area (Å²) >= 11 is 0. The van der Waals surface area contributed by atoms with Gasteiger partial charge in [-0.1, -0.05) is 0 Å². The van der Waals surface area contributed by atoms with E-state index in [1.807, 2.05) is 20.8 Å². The predicted octanol–water partition coefficient (Wildman–Crippen LogP) is 0.826. The van der Waals surface area contributed by atoms with E-state index in [0.717, 1.165) is 6.54 Å². The topological polar surface area (TPSA) is 55.4 Å². The van der Waals surface area contributed by atoms with E-state index in [0.29, 0.717) is 19.6 Å². The van der Waals surface area contributed by atoms with Gasteiger partial charge in [-0.05, 0) is 33.7 Å². The van der Waals surface area contributed by atoms with Crippen molar-refractivity contribution < 1.29 is 13.2 Å². The van der Waals surface area contributed by atoms with Gasteiger partial charge in [0.2, 0.25) is 0 Å². The van der Waals surface area contributed by atoms with Crippen molar-refractivity contribution >= 4 is 9.84 Å². The van der Waals surface area contributed by atoms with E-state index in [2.05, 4.69) is 5.32 Å². The number of hydrogen-bond acceptors (Lipinski definition) is 4. The molecule has 0 unspecified atom stereocenters. The van der Waals surface area contributed by atoms with E-state index in [1.54, 1.807) is 0 Å². The van der Waals surface area contributed by atoms with Gasteiger partial charge in [0, 0.05) is 19.4 Å². The highest BCUT2D eigenvalue weighted by atomic mass is 32.2. The molecule has 0 atom stereocenters. The summed E-state index contributed by atoms with van der Waals surface area (Å²) in [7, 11) is -2.82. The minimum absolute atomic E-state index is 0.181. The fourth-order valence-corrected chi connectivity index (χ4v) is 1.96. The Morgan fingerprint density at radius 3 is 2.40 bits per heavy atom. The average Bonchev–Trinajstić information content (AvgIpc) is 2.00. The molecule has 0 saturated heterocycles. The molecule has 15 heavy (non-hydrogen) atoms. The standard InChI is InChI=1S/C10H23NO3S/c1-5-14-10(2,3)9-11-7-6-8-15(4,12)13/h11H,5-9H2,1-4H3. The first kappa shape index (κ1) is 14.9. The smallest absolute Gasteiger partial charge is 0.147 e. The zero-order chi connectivity index (χ0) is 11.9.